The number of amides is 2. The number of nitrogens with one attached hydrogen (secondary N) is 2. The average molecular weight is 399 g/mol. The molecular weight excluding hydrogens is 368 g/mol. The highest BCUT2D eigenvalue weighted by molar-refractivity contribution is 8.02. The fourth-order valence-corrected chi connectivity index (χ4v) is 5.02. The van der Waals surface area contributed by atoms with Crippen LogP contribution in [0, 0.1) is 33.7 Å². The summed E-state index contributed by atoms with van der Waals surface area (Å²) in [6.07, 6.45) is 5.93. The smallest absolute Gasteiger partial charge is 0.233 e. The van der Waals surface area contributed by atoms with Crippen LogP contribution in [0.2, 0.25) is 0 Å². The Balaban J connectivity index is 3.76. The first-order valence-corrected chi connectivity index (χ1v) is 10.9. The lowest BCUT2D eigenvalue weighted by Crippen LogP contribution is -2.26. The lowest BCUT2D eigenvalue weighted by molar-refractivity contribution is -0.122. The summed E-state index contributed by atoms with van der Waals surface area (Å²) < 4.78 is 0. The maximum atomic E-state index is 11.5. The molecule has 0 aliphatic rings. The van der Waals surface area contributed by atoms with E-state index in [2.05, 4.69) is 10.6 Å². The van der Waals surface area contributed by atoms with Gasteiger partial charge in [-0.15, -0.1) is 0 Å². The van der Waals surface area contributed by atoms with Crippen LogP contribution in [0.25, 0.3) is 0 Å². The molecule has 2 N–H and O–H groups in total. The van der Waals surface area contributed by atoms with Gasteiger partial charge in [0.05, 0.1) is 0 Å². The maximum Gasteiger partial charge on any atom is 0.233 e. The summed E-state index contributed by atoms with van der Waals surface area (Å²) >= 11 is 3.76. The summed E-state index contributed by atoms with van der Waals surface area (Å²) in [6, 6.07) is 0. The van der Waals surface area contributed by atoms with Crippen molar-refractivity contribution in [3.8, 4) is 12.4 Å². The minimum Gasteiger partial charge on any atom is -0.274 e. The van der Waals surface area contributed by atoms with E-state index in [1.807, 2.05) is 51.2 Å². The molecule has 0 fully saturated rings. The number of nitrogens with zero attached hydrogens (tertiary/aromatic N) is 2. The minimum atomic E-state index is -0.218. The van der Waals surface area contributed by atoms with E-state index >= 15 is 0 Å². The van der Waals surface area contributed by atoms with Gasteiger partial charge in [0.15, 0.2) is 12.4 Å². The van der Waals surface area contributed by atoms with Crippen LogP contribution in [0.3, 0.4) is 0 Å². The quantitative estimate of drug-likeness (QED) is 0.280. The summed E-state index contributed by atoms with van der Waals surface area (Å²) in [7, 11) is 0. The largest absolute Gasteiger partial charge is 0.274 e. The van der Waals surface area contributed by atoms with Crippen LogP contribution >= 0.6 is 23.5 Å². The third-order valence-electron chi connectivity index (χ3n) is 3.89. The Morgan fingerprint density at radius 2 is 1.12 bits per heavy atom. The normalized spacial score (nSPS) is 11.3. The minimum absolute atomic E-state index is 0.102. The van der Waals surface area contributed by atoms with Crippen LogP contribution in [0.1, 0.15) is 53.4 Å². The third kappa shape index (κ3) is 13.9. The zero-order chi connectivity index (χ0) is 20.1. The molecule has 6 nitrogen and oxygen atoms in total. The SMILES string of the molecule is CC(C)(CCSCCSCCC(C)(C)CC(=O)NC#N)CC(=O)NC#N. The Morgan fingerprint density at radius 3 is 1.42 bits per heavy atom. The molecule has 0 atom stereocenters. The highest BCUT2D eigenvalue weighted by Crippen LogP contribution is 2.28. The molecule has 0 bridgehead atoms. The van der Waals surface area contributed by atoms with E-state index in [1.54, 1.807) is 12.4 Å². The second-order valence-corrected chi connectivity index (χ2v) is 10.2. The monoisotopic (exact) mass is 398 g/mol. The van der Waals surface area contributed by atoms with Gasteiger partial charge < -0.3 is 0 Å². The molecular formula is C18H30N4O2S2. The maximum absolute atomic E-state index is 11.5. The van der Waals surface area contributed by atoms with E-state index in [0.29, 0.717) is 12.8 Å². The zero-order valence-electron chi connectivity index (χ0n) is 16.2. The van der Waals surface area contributed by atoms with Gasteiger partial charge in [-0.3, -0.25) is 20.2 Å². The standard InChI is InChI=1S/C18H30N4O2S2/c1-17(2,11-15(23)21-13-19)5-7-25-9-10-26-8-6-18(3,4)12-16(24)22-14-20/h5-12H2,1-4H3,(H,21,23)(H,22,24). The molecule has 0 saturated heterocycles. The van der Waals surface area contributed by atoms with Gasteiger partial charge in [-0.2, -0.15) is 34.0 Å². The number of hydrogen-bond donors (Lipinski definition) is 2. The number of thioether (sulfide) groups is 2. The summed E-state index contributed by atoms with van der Waals surface area (Å²) in [4.78, 5) is 22.9. The molecule has 0 radical (unpaired) electrons. The van der Waals surface area contributed by atoms with Crippen LogP contribution in [-0.4, -0.2) is 34.8 Å². The van der Waals surface area contributed by atoms with Crippen LogP contribution in [-0.2, 0) is 9.59 Å². The summed E-state index contributed by atoms with van der Waals surface area (Å²) in [5.74, 6) is 3.66. The predicted octanol–water partition coefficient (Wildman–Crippen LogP) is 3.26. The lowest BCUT2D eigenvalue weighted by Gasteiger charge is -2.23. The van der Waals surface area contributed by atoms with E-state index in [1.165, 1.54) is 0 Å². The molecule has 0 aromatic carbocycles. The van der Waals surface area contributed by atoms with E-state index in [0.717, 1.165) is 35.9 Å². The van der Waals surface area contributed by atoms with Gasteiger partial charge in [0.1, 0.15) is 0 Å². The van der Waals surface area contributed by atoms with Crippen molar-refractivity contribution >= 4 is 35.3 Å². The van der Waals surface area contributed by atoms with Gasteiger partial charge in [0, 0.05) is 24.3 Å². The third-order valence-corrected chi connectivity index (χ3v) is 6.12. The van der Waals surface area contributed by atoms with Crippen molar-refractivity contribution in [3.05, 3.63) is 0 Å². The van der Waals surface area contributed by atoms with Gasteiger partial charge in [-0.05, 0) is 35.2 Å². The first-order chi connectivity index (χ1) is 12.1. The van der Waals surface area contributed by atoms with Crippen molar-refractivity contribution in [3.63, 3.8) is 0 Å². The van der Waals surface area contributed by atoms with E-state index in [9.17, 15) is 9.59 Å². The van der Waals surface area contributed by atoms with Crippen molar-refractivity contribution in [1.29, 1.82) is 10.5 Å². The Hall–Kier alpha value is -1.38. The Kier molecular flexibility index (Phi) is 12.2. The second-order valence-electron chi connectivity index (χ2n) is 7.73. The molecule has 8 heteroatoms. The van der Waals surface area contributed by atoms with Gasteiger partial charge in [-0.25, -0.2) is 0 Å². The molecule has 0 aromatic rings. The highest BCUT2D eigenvalue weighted by atomic mass is 32.2. The van der Waals surface area contributed by atoms with Crippen molar-refractivity contribution in [2.24, 2.45) is 10.8 Å². The number of carbonyl (C=O) groups is 2. The molecule has 26 heavy (non-hydrogen) atoms. The number of carbonyl (C=O) groups excluding carboxylic acids is 2. The molecule has 0 rings (SSSR count). The first-order valence-electron chi connectivity index (χ1n) is 8.63. The summed E-state index contributed by atoms with van der Waals surface area (Å²) in [6.45, 7) is 8.18. The predicted molar refractivity (Wildman–Crippen MR) is 108 cm³/mol. The van der Waals surface area contributed by atoms with Crippen molar-refractivity contribution < 1.29 is 9.59 Å². The topological polar surface area (TPSA) is 106 Å². The molecule has 0 unspecified atom stereocenters. The second kappa shape index (κ2) is 12.9. The van der Waals surface area contributed by atoms with Crippen molar-refractivity contribution in [1.82, 2.24) is 10.6 Å². The Morgan fingerprint density at radius 1 is 0.769 bits per heavy atom. The number of rotatable bonds is 13. The Labute approximate surface area is 165 Å². The van der Waals surface area contributed by atoms with Gasteiger partial charge >= 0.3 is 0 Å². The van der Waals surface area contributed by atoms with Crippen LogP contribution in [0.15, 0.2) is 0 Å². The van der Waals surface area contributed by atoms with Crippen LogP contribution in [0.5, 0.6) is 0 Å². The van der Waals surface area contributed by atoms with Gasteiger partial charge in [-0.1, -0.05) is 27.7 Å². The first kappa shape index (κ1) is 24.6. The molecule has 0 aromatic heterocycles. The molecule has 0 saturated carbocycles. The number of hydrogen-bond acceptors (Lipinski definition) is 6. The molecule has 2 amide bonds. The van der Waals surface area contributed by atoms with Crippen molar-refractivity contribution in [2.45, 2.75) is 53.4 Å². The average Bonchev–Trinajstić information content (AvgIpc) is 2.49. The molecule has 0 spiro atoms. The van der Waals surface area contributed by atoms with Crippen LogP contribution in [0.4, 0.5) is 0 Å². The lowest BCUT2D eigenvalue weighted by atomic mass is 9.86. The van der Waals surface area contributed by atoms with E-state index in [4.69, 9.17) is 10.5 Å². The van der Waals surface area contributed by atoms with Crippen LogP contribution < -0.4 is 10.6 Å². The summed E-state index contributed by atoms with van der Waals surface area (Å²) in [5.41, 5.74) is -0.204. The molecule has 146 valence electrons. The van der Waals surface area contributed by atoms with Gasteiger partial charge in [0.2, 0.25) is 11.8 Å². The molecule has 0 aliphatic heterocycles. The fourth-order valence-electron chi connectivity index (χ4n) is 2.28. The highest BCUT2D eigenvalue weighted by Gasteiger charge is 2.22. The number of nitriles is 2. The molecule has 0 aliphatic carbocycles. The zero-order valence-corrected chi connectivity index (χ0v) is 17.8. The summed E-state index contributed by atoms with van der Waals surface area (Å²) in [5, 5.41) is 21.2. The van der Waals surface area contributed by atoms with E-state index < -0.39 is 0 Å². The fraction of sp³-hybridized carbons (Fsp3) is 0.778. The van der Waals surface area contributed by atoms with Crippen molar-refractivity contribution in [2.75, 3.05) is 23.0 Å². The Bertz CT molecular complexity index is 488. The van der Waals surface area contributed by atoms with E-state index in [-0.39, 0.29) is 22.6 Å². The molecule has 0 heterocycles. The van der Waals surface area contributed by atoms with Gasteiger partial charge in [0.25, 0.3) is 0 Å².